The molecule has 0 nitrogen and oxygen atoms in total. The molecule has 0 fully saturated rings. The second-order valence-corrected chi connectivity index (χ2v) is 11.5. The Morgan fingerprint density at radius 3 is 1.58 bits per heavy atom. The van der Waals surface area contributed by atoms with Crippen molar-refractivity contribution in [1.82, 2.24) is 0 Å². The SMILES string of the molecule is CCCC[Si](C#CS(F)(F)(F)(F)F)(CCC)CCC. The van der Waals surface area contributed by atoms with E-state index in [0.717, 1.165) is 12.8 Å². The van der Waals surface area contributed by atoms with E-state index < -0.39 is 18.3 Å². The molecule has 0 N–H and O–H groups in total. The zero-order valence-electron chi connectivity index (χ0n) is 11.7. The van der Waals surface area contributed by atoms with E-state index in [2.05, 4.69) is 5.54 Å². The summed E-state index contributed by atoms with van der Waals surface area (Å²) in [6.45, 7) is 5.67. The molecule has 19 heavy (non-hydrogen) atoms. The minimum absolute atomic E-state index is 0.491. The molecule has 0 aliphatic heterocycles. The van der Waals surface area contributed by atoms with Gasteiger partial charge in [0, 0.05) is 0 Å². The van der Waals surface area contributed by atoms with Crippen molar-refractivity contribution in [1.29, 1.82) is 0 Å². The molecule has 116 valence electrons. The van der Waals surface area contributed by atoms with Gasteiger partial charge in [0.25, 0.3) is 0 Å². The van der Waals surface area contributed by atoms with Crippen molar-refractivity contribution in [3.63, 3.8) is 0 Å². The van der Waals surface area contributed by atoms with Crippen LogP contribution in [0.4, 0.5) is 19.4 Å². The zero-order chi connectivity index (χ0) is 15.3. The van der Waals surface area contributed by atoms with E-state index >= 15 is 0 Å². The maximum atomic E-state index is 12.4. The first-order chi connectivity index (χ1) is 8.37. The predicted octanol–water partition coefficient (Wildman–Crippen LogP) is 6.85. The van der Waals surface area contributed by atoms with Crippen LogP contribution in [0.25, 0.3) is 0 Å². The van der Waals surface area contributed by atoms with E-state index in [9.17, 15) is 19.4 Å². The van der Waals surface area contributed by atoms with Gasteiger partial charge in [0.15, 0.2) is 0 Å². The van der Waals surface area contributed by atoms with Crippen LogP contribution in [0, 0.1) is 10.8 Å². The molecule has 0 aromatic heterocycles. The van der Waals surface area contributed by atoms with Crippen LogP contribution >= 0.6 is 10.2 Å². The average molecular weight is 322 g/mol. The van der Waals surface area contributed by atoms with E-state index in [0.29, 0.717) is 36.2 Å². The van der Waals surface area contributed by atoms with Gasteiger partial charge in [-0.3, -0.25) is 0 Å². The lowest BCUT2D eigenvalue weighted by Gasteiger charge is -2.35. The summed E-state index contributed by atoms with van der Waals surface area (Å²) in [6.07, 6.45) is 3.01. The second-order valence-electron chi connectivity index (χ2n) is 5.08. The first kappa shape index (κ1) is 18.8. The fourth-order valence-corrected chi connectivity index (χ4v) is 7.95. The highest BCUT2D eigenvalue weighted by Gasteiger charge is 2.62. The topological polar surface area (TPSA) is 0 Å². The number of halogens is 5. The summed E-state index contributed by atoms with van der Waals surface area (Å²) < 4.78 is 62.0. The zero-order valence-corrected chi connectivity index (χ0v) is 13.6. The highest BCUT2D eigenvalue weighted by molar-refractivity contribution is 8.49. The fraction of sp³-hybridized carbons (Fsp3) is 0.833. The molecule has 0 bridgehead atoms. The molecule has 0 aliphatic carbocycles. The lowest BCUT2D eigenvalue weighted by molar-refractivity contribution is 0.389. The number of hydrogen-bond acceptors (Lipinski definition) is 0. The molecule has 0 aromatic carbocycles. The van der Waals surface area contributed by atoms with E-state index in [1.165, 1.54) is 0 Å². The van der Waals surface area contributed by atoms with Gasteiger partial charge in [-0.05, 0) is 18.1 Å². The van der Waals surface area contributed by atoms with Crippen LogP contribution in [0.3, 0.4) is 0 Å². The van der Waals surface area contributed by atoms with Gasteiger partial charge in [-0.1, -0.05) is 65.9 Å². The molecule has 0 heterocycles. The van der Waals surface area contributed by atoms with Crippen molar-refractivity contribution < 1.29 is 19.4 Å². The quantitative estimate of drug-likeness (QED) is 0.273. The van der Waals surface area contributed by atoms with E-state index in [1.807, 2.05) is 20.8 Å². The minimum Gasteiger partial charge on any atom is -0.111 e. The molecule has 0 amide bonds. The summed E-state index contributed by atoms with van der Waals surface area (Å²) in [5.74, 6) is 0. The smallest absolute Gasteiger partial charge is 0.111 e. The van der Waals surface area contributed by atoms with Crippen molar-refractivity contribution in [2.45, 2.75) is 64.6 Å². The van der Waals surface area contributed by atoms with Crippen molar-refractivity contribution in [3.8, 4) is 10.8 Å². The molecule has 0 saturated carbocycles. The molecule has 0 spiro atoms. The monoisotopic (exact) mass is 322 g/mol. The standard InChI is InChI=1S/C12H23F5SSi/c1-4-7-11-19(9-5-2,10-6-3)12-8-18(13,14,15,16)17/h4-7,9-11H2,1-3H3. The van der Waals surface area contributed by atoms with Crippen LogP contribution < -0.4 is 0 Å². The number of unbranched alkanes of at least 4 members (excludes halogenated alkanes) is 1. The molecular formula is C12H23F5SSi. The highest BCUT2D eigenvalue weighted by atomic mass is 32.5. The molecule has 0 saturated heterocycles. The molecule has 0 unspecified atom stereocenters. The van der Waals surface area contributed by atoms with Crippen molar-refractivity contribution in [2.75, 3.05) is 0 Å². The van der Waals surface area contributed by atoms with Crippen molar-refractivity contribution >= 4 is 18.3 Å². The average Bonchev–Trinajstić information content (AvgIpc) is 2.22. The third-order valence-corrected chi connectivity index (χ3v) is 8.52. The molecular weight excluding hydrogens is 299 g/mol. The number of hydrogen-bond donors (Lipinski definition) is 0. The molecule has 7 heteroatoms. The largest absolute Gasteiger partial charge is 0.344 e. The fourth-order valence-electron chi connectivity index (χ4n) is 2.24. The summed E-state index contributed by atoms with van der Waals surface area (Å²) in [5, 5.41) is 0.491. The van der Waals surface area contributed by atoms with Gasteiger partial charge in [-0.2, -0.15) is 0 Å². The van der Waals surface area contributed by atoms with E-state index in [4.69, 9.17) is 0 Å². The summed E-state index contributed by atoms with van der Waals surface area (Å²) in [6, 6.07) is 1.73. The minimum atomic E-state index is -9.59. The van der Waals surface area contributed by atoms with Gasteiger partial charge in [0.1, 0.15) is 8.07 Å². The molecule has 0 aromatic rings. The maximum absolute atomic E-state index is 12.4. The van der Waals surface area contributed by atoms with Crippen LogP contribution in [0.15, 0.2) is 0 Å². The molecule has 0 rings (SSSR count). The normalized spacial score (nSPS) is 16.2. The van der Waals surface area contributed by atoms with Gasteiger partial charge in [0.2, 0.25) is 0 Å². The van der Waals surface area contributed by atoms with Crippen molar-refractivity contribution in [3.05, 3.63) is 0 Å². The Morgan fingerprint density at radius 1 is 0.789 bits per heavy atom. The van der Waals surface area contributed by atoms with Crippen LogP contribution in [-0.4, -0.2) is 8.07 Å². The van der Waals surface area contributed by atoms with Gasteiger partial charge in [-0.25, -0.2) is 0 Å². The second kappa shape index (κ2) is 5.64. The summed E-state index contributed by atoms with van der Waals surface area (Å²) in [5.41, 5.74) is 2.06. The Bertz CT molecular complexity index is 344. The third-order valence-electron chi connectivity index (χ3n) is 2.98. The lowest BCUT2D eigenvalue weighted by Crippen LogP contribution is -2.32. The predicted molar refractivity (Wildman–Crippen MR) is 76.6 cm³/mol. The number of rotatable bonds is 7. The molecule has 0 aliphatic rings. The Labute approximate surface area is 113 Å². The van der Waals surface area contributed by atoms with Crippen molar-refractivity contribution in [2.24, 2.45) is 0 Å². The van der Waals surface area contributed by atoms with Crippen LogP contribution in [0.2, 0.25) is 18.1 Å². The molecule has 0 radical (unpaired) electrons. The van der Waals surface area contributed by atoms with Gasteiger partial charge >= 0.3 is 10.2 Å². The summed E-state index contributed by atoms with van der Waals surface area (Å²) in [7, 11) is -12.1. The Balaban J connectivity index is 5.42. The first-order valence-corrected chi connectivity index (χ1v) is 11.2. The highest BCUT2D eigenvalue weighted by Crippen LogP contribution is 2.97. The first-order valence-electron chi connectivity index (χ1n) is 6.66. The Morgan fingerprint density at radius 2 is 1.26 bits per heavy atom. The Hall–Kier alpha value is -0.223. The van der Waals surface area contributed by atoms with Gasteiger partial charge in [-0.15, -0.1) is 5.54 Å². The van der Waals surface area contributed by atoms with Crippen LogP contribution in [0.5, 0.6) is 0 Å². The third kappa shape index (κ3) is 9.33. The van der Waals surface area contributed by atoms with Crippen LogP contribution in [-0.2, 0) is 0 Å². The van der Waals surface area contributed by atoms with E-state index in [1.54, 1.807) is 0 Å². The van der Waals surface area contributed by atoms with Gasteiger partial charge in [0.05, 0.1) is 5.25 Å². The summed E-state index contributed by atoms with van der Waals surface area (Å²) in [4.78, 5) is 0. The van der Waals surface area contributed by atoms with Crippen LogP contribution in [0.1, 0.15) is 46.5 Å². The van der Waals surface area contributed by atoms with E-state index in [-0.39, 0.29) is 0 Å². The lowest BCUT2D eigenvalue weighted by atomic mass is 10.4. The summed E-state index contributed by atoms with van der Waals surface area (Å²) >= 11 is 0. The Kier molecular flexibility index (Phi) is 5.58. The van der Waals surface area contributed by atoms with Gasteiger partial charge < -0.3 is 0 Å². The maximum Gasteiger partial charge on any atom is 0.344 e. The molecule has 0 atom stereocenters.